The number of esters is 1. The van der Waals surface area contributed by atoms with E-state index in [2.05, 4.69) is 12.6 Å². The lowest BCUT2D eigenvalue weighted by Gasteiger charge is -2.07. The summed E-state index contributed by atoms with van der Waals surface area (Å²) < 4.78 is 4.81. The normalized spacial score (nSPS) is 9.62. The molecule has 0 aliphatic heterocycles. The number of hydrogen-bond acceptors (Lipinski definition) is 4. The second kappa shape index (κ2) is 5.78. The van der Waals surface area contributed by atoms with Crippen LogP contribution in [0.25, 0.3) is 0 Å². The Kier molecular flexibility index (Phi) is 4.66. The summed E-state index contributed by atoms with van der Waals surface area (Å²) in [5, 5.41) is 9.08. The third-order valence-electron chi connectivity index (χ3n) is 1.96. The second-order valence-electron chi connectivity index (χ2n) is 3.03. The number of rotatable bonds is 3. The summed E-state index contributed by atoms with van der Waals surface area (Å²) in [6.07, 6.45) is 0.0892. The minimum Gasteiger partial charge on any atom is -0.466 e. The van der Waals surface area contributed by atoms with Crippen molar-refractivity contribution < 1.29 is 9.53 Å². The van der Waals surface area contributed by atoms with E-state index in [0.717, 1.165) is 0 Å². The summed E-state index contributed by atoms with van der Waals surface area (Å²) in [7, 11) is 0. The zero-order chi connectivity index (χ0) is 12.1. The molecule has 0 N–H and O–H groups in total. The summed E-state index contributed by atoms with van der Waals surface area (Å²) in [6, 6.07) is 5.19. The SMILES string of the molecule is CCOC(=O)Cc1ccc(C#N)c(S)c1Cl. The zero-order valence-corrected chi connectivity index (χ0v) is 10.3. The molecule has 0 unspecified atom stereocenters. The molecule has 0 saturated heterocycles. The molecule has 1 aromatic carbocycles. The predicted octanol–water partition coefficient (Wildman–Crippen LogP) is 2.61. The maximum absolute atomic E-state index is 11.3. The third-order valence-corrected chi connectivity index (χ3v) is 2.98. The standard InChI is InChI=1S/C11H10ClNO2S/c1-2-15-9(14)5-7-3-4-8(6-13)11(16)10(7)12/h3-4,16H,2,5H2,1H3. The first-order valence-electron chi connectivity index (χ1n) is 4.66. The number of halogens is 1. The number of carbonyl (C=O) groups excluding carboxylic acids is 1. The average Bonchev–Trinajstić information content (AvgIpc) is 2.25. The molecule has 5 heteroatoms. The van der Waals surface area contributed by atoms with Crippen molar-refractivity contribution >= 4 is 30.2 Å². The molecule has 1 aromatic rings. The van der Waals surface area contributed by atoms with Crippen LogP contribution in [-0.2, 0) is 16.0 Å². The summed E-state index contributed by atoms with van der Waals surface area (Å²) in [5.41, 5.74) is 1.00. The van der Waals surface area contributed by atoms with Crippen LogP contribution >= 0.6 is 24.2 Å². The van der Waals surface area contributed by atoms with E-state index in [1.807, 2.05) is 6.07 Å². The number of benzene rings is 1. The van der Waals surface area contributed by atoms with E-state index in [1.54, 1.807) is 19.1 Å². The van der Waals surface area contributed by atoms with Crippen LogP contribution < -0.4 is 0 Å². The minimum atomic E-state index is -0.346. The fraction of sp³-hybridized carbons (Fsp3) is 0.273. The Morgan fingerprint density at radius 1 is 1.62 bits per heavy atom. The fourth-order valence-electron chi connectivity index (χ4n) is 1.20. The molecular weight excluding hydrogens is 246 g/mol. The fourth-order valence-corrected chi connectivity index (χ4v) is 1.70. The van der Waals surface area contributed by atoms with Crippen LogP contribution in [0, 0.1) is 11.3 Å². The molecule has 0 fully saturated rings. The van der Waals surface area contributed by atoms with Gasteiger partial charge in [-0.15, -0.1) is 12.6 Å². The van der Waals surface area contributed by atoms with Crippen LogP contribution in [0.15, 0.2) is 17.0 Å². The molecule has 0 saturated carbocycles. The van der Waals surface area contributed by atoms with Crippen LogP contribution in [0.5, 0.6) is 0 Å². The minimum absolute atomic E-state index is 0.0892. The van der Waals surface area contributed by atoms with Crippen LogP contribution in [-0.4, -0.2) is 12.6 Å². The summed E-state index contributed by atoms with van der Waals surface area (Å²) in [5.74, 6) is -0.346. The third kappa shape index (κ3) is 2.91. The molecule has 84 valence electrons. The van der Waals surface area contributed by atoms with Gasteiger partial charge in [-0.1, -0.05) is 17.7 Å². The number of ether oxygens (including phenoxy) is 1. The summed E-state index contributed by atoms with van der Waals surface area (Å²) in [4.78, 5) is 11.7. The smallest absolute Gasteiger partial charge is 0.310 e. The Labute approximate surface area is 104 Å². The molecule has 0 spiro atoms. The maximum Gasteiger partial charge on any atom is 0.310 e. The van der Waals surface area contributed by atoms with E-state index in [-0.39, 0.29) is 12.4 Å². The van der Waals surface area contributed by atoms with Gasteiger partial charge >= 0.3 is 5.97 Å². The number of nitriles is 1. The highest BCUT2D eigenvalue weighted by molar-refractivity contribution is 7.80. The topological polar surface area (TPSA) is 50.1 Å². The van der Waals surface area contributed by atoms with E-state index in [1.165, 1.54) is 0 Å². The highest BCUT2D eigenvalue weighted by Gasteiger charge is 2.12. The molecule has 0 aromatic heterocycles. The van der Waals surface area contributed by atoms with Crippen LogP contribution in [0.1, 0.15) is 18.1 Å². The molecule has 1 rings (SSSR count). The van der Waals surface area contributed by atoms with Gasteiger partial charge in [-0.3, -0.25) is 4.79 Å². The molecule has 0 atom stereocenters. The Balaban J connectivity index is 2.96. The zero-order valence-electron chi connectivity index (χ0n) is 8.66. The van der Waals surface area contributed by atoms with Crippen molar-refractivity contribution in [1.29, 1.82) is 5.26 Å². The van der Waals surface area contributed by atoms with Crippen LogP contribution in [0.4, 0.5) is 0 Å². The number of thiol groups is 1. The monoisotopic (exact) mass is 255 g/mol. The second-order valence-corrected chi connectivity index (χ2v) is 3.85. The van der Waals surface area contributed by atoms with E-state index in [4.69, 9.17) is 21.6 Å². The Bertz CT molecular complexity index is 454. The number of nitrogens with zero attached hydrogens (tertiary/aromatic N) is 1. The van der Waals surface area contributed by atoms with Crippen molar-refractivity contribution in [2.75, 3.05) is 6.61 Å². The van der Waals surface area contributed by atoms with E-state index >= 15 is 0 Å². The molecule has 0 aliphatic rings. The quantitative estimate of drug-likeness (QED) is 0.667. The van der Waals surface area contributed by atoms with E-state index in [9.17, 15) is 4.79 Å². The van der Waals surface area contributed by atoms with Crippen molar-refractivity contribution in [3.8, 4) is 6.07 Å². The molecule has 16 heavy (non-hydrogen) atoms. The highest BCUT2D eigenvalue weighted by atomic mass is 35.5. The van der Waals surface area contributed by atoms with Gasteiger partial charge in [-0.25, -0.2) is 0 Å². The van der Waals surface area contributed by atoms with Gasteiger partial charge in [0.25, 0.3) is 0 Å². The van der Waals surface area contributed by atoms with Crippen molar-refractivity contribution in [1.82, 2.24) is 0 Å². The lowest BCUT2D eigenvalue weighted by Crippen LogP contribution is -2.08. The number of carbonyl (C=O) groups is 1. The van der Waals surface area contributed by atoms with Gasteiger partial charge in [-0.2, -0.15) is 5.26 Å². The lowest BCUT2D eigenvalue weighted by atomic mass is 10.1. The highest BCUT2D eigenvalue weighted by Crippen LogP contribution is 2.28. The van der Waals surface area contributed by atoms with Gasteiger partial charge in [0.1, 0.15) is 6.07 Å². The largest absolute Gasteiger partial charge is 0.466 e. The first-order chi connectivity index (χ1) is 7.60. The molecule has 3 nitrogen and oxygen atoms in total. The van der Waals surface area contributed by atoms with Crippen LogP contribution in [0.2, 0.25) is 5.02 Å². The molecule has 0 radical (unpaired) electrons. The first-order valence-corrected chi connectivity index (χ1v) is 5.48. The van der Waals surface area contributed by atoms with Gasteiger partial charge in [0.05, 0.1) is 23.6 Å². The predicted molar refractivity (Wildman–Crippen MR) is 63.8 cm³/mol. The Morgan fingerprint density at radius 3 is 2.88 bits per heavy atom. The van der Waals surface area contributed by atoms with E-state index in [0.29, 0.717) is 27.7 Å². The number of hydrogen-bond donors (Lipinski definition) is 1. The molecule has 0 heterocycles. The van der Waals surface area contributed by atoms with Gasteiger partial charge in [0, 0.05) is 4.90 Å². The van der Waals surface area contributed by atoms with Crippen molar-refractivity contribution in [3.05, 3.63) is 28.3 Å². The van der Waals surface area contributed by atoms with Gasteiger partial charge < -0.3 is 4.74 Å². The average molecular weight is 256 g/mol. The lowest BCUT2D eigenvalue weighted by molar-refractivity contribution is -0.142. The van der Waals surface area contributed by atoms with Gasteiger partial charge in [0.15, 0.2) is 0 Å². The van der Waals surface area contributed by atoms with Gasteiger partial charge in [-0.05, 0) is 18.6 Å². The Hall–Kier alpha value is -1.18. The van der Waals surface area contributed by atoms with Crippen molar-refractivity contribution in [3.63, 3.8) is 0 Å². The molecule has 0 bridgehead atoms. The maximum atomic E-state index is 11.3. The molecule has 0 aliphatic carbocycles. The molecular formula is C11H10ClNO2S. The molecule has 0 amide bonds. The van der Waals surface area contributed by atoms with Crippen LogP contribution in [0.3, 0.4) is 0 Å². The van der Waals surface area contributed by atoms with Crippen molar-refractivity contribution in [2.24, 2.45) is 0 Å². The summed E-state index contributed by atoms with van der Waals surface area (Å²) >= 11 is 10.1. The summed E-state index contributed by atoms with van der Waals surface area (Å²) in [6.45, 7) is 2.07. The van der Waals surface area contributed by atoms with Gasteiger partial charge in [0.2, 0.25) is 0 Å². The first kappa shape index (κ1) is 12.9. The Morgan fingerprint density at radius 2 is 2.31 bits per heavy atom. The van der Waals surface area contributed by atoms with E-state index < -0.39 is 0 Å². The van der Waals surface area contributed by atoms with Crippen molar-refractivity contribution in [2.45, 2.75) is 18.2 Å².